The molecule has 1 N–H and O–H groups in total. The number of likely N-dealkylation sites (N-methyl/N-ethyl adjacent to an activating group) is 1. The van der Waals surface area contributed by atoms with Gasteiger partial charge in [-0.1, -0.05) is 12.1 Å². The Labute approximate surface area is 170 Å². The molecule has 1 aliphatic heterocycles. The zero-order valence-corrected chi connectivity index (χ0v) is 17.1. The number of likely N-dealkylation sites (tertiary alicyclic amines) is 1. The van der Waals surface area contributed by atoms with Crippen LogP contribution in [0.5, 0.6) is 0 Å². The summed E-state index contributed by atoms with van der Waals surface area (Å²) in [4.78, 5) is 41.2. The lowest BCUT2D eigenvalue weighted by Gasteiger charge is -2.22. The molecule has 1 unspecified atom stereocenters. The summed E-state index contributed by atoms with van der Waals surface area (Å²) in [5.74, 6) is -0.635. The van der Waals surface area contributed by atoms with Crippen LogP contribution < -0.4 is 5.32 Å². The Morgan fingerprint density at radius 1 is 1.21 bits per heavy atom. The molecule has 1 fully saturated rings. The van der Waals surface area contributed by atoms with Gasteiger partial charge in [0.25, 0.3) is 5.91 Å². The molecular formula is C21H27N5O3. The normalized spacial score (nSPS) is 14.5. The van der Waals surface area contributed by atoms with Crippen molar-refractivity contribution in [3.05, 3.63) is 47.8 Å². The molecule has 3 amide bonds. The van der Waals surface area contributed by atoms with Crippen molar-refractivity contribution in [1.29, 1.82) is 0 Å². The third kappa shape index (κ3) is 4.64. The number of hydrogen-bond donors (Lipinski definition) is 1. The van der Waals surface area contributed by atoms with Crippen LogP contribution in [0.15, 0.2) is 36.7 Å². The first-order valence-corrected chi connectivity index (χ1v) is 9.81. The van der Waals surface area contributed by atoms with E-state index in [-0.39, 0.29) is 24.3 Å². The summed E-state index contributed by atoms with van der Waals surface area (Å²) < 4.78 is 1.55. The van der Waals surface area contributed by atoms with Gasteiger partial charge in [0, 0.05) is 32.5 Å². The molecule has 0 radical (unpaired) electrons. The minimum absolute atomic E-state index is 0.0624. The molecule has 3 rings (SSSR count). The number of amides is 3. The number of rotatable bonds is 6. The first kappa shape index (κ1) is 20.6. The summed E-state index contributed by atoms with van der Waals surface area (Å²) in [6, 6.07) is 6.63. The fraction of sp³-hybridized carbons (Fsp3) is 0.429. The molecule has 2 aromatic rings. The number of nitrogens with zero attached hydrogens (tertiary/aromatic N) is 4. The molecule has 0 aliphatic carbocycles. The van der Waals surface area contributed by atoms with E-state index >= 15 is 0 Å². The molecule has 1 saturated heterocycles. The van der Waals surface area contributed by atoms with Crippen LogP contribution in [0.1, 0.15) is 41.7 Å². The third-order valence-electron chi connectivity index (χ3n) is 5.19. The van der Waals surface area contributed by atoms with Crippen LogP contribution in [-0.2, 0) is 9.59 Å². The van der Waals surface area contributed by atoms with Gasteiger partial charge in [0.2, 0.25) is 11.8 Å². The van der Waals surface area contributed by atoms with E-state index in [2.05, 4.69) is 10.4 Å². The maximum absolute atomic E-state index is 12.9. The highest BCUT2D eigenvalue weighted by Crippen LogP contribution is 2.23. The van der Waals surface area contributed by atoms with Gasteiger partial charge in [-0.25, -0.2) is 0 Å². The van der Waals surface area contributed by atoms with Crippen molar-refractivity contribution in [3.63, 3.8) is 0 Å². The van der Waals surface area contributed by atoms with Crippen molar-refractivity contribution in [2.24, 2.45) is 0 Å². The van der Waals surface area contributed by atoms with Gasteiger partial charge in [0.05, 0.1) is 17.8 Å². The first-order chi connectivity index (χ1) is 13.9. The maximum atomic E-state index is 12.9. The van der Waals surface area contributed by atoms with Gasteiger partial charge >= 0.3 is 0 Å². The van der Waals surface area contributed by atoms with Gasteiger partial charge in [0.1, 0.15) is 6.04 Å². The smallest absolute Gasteiger partial charge is 0.256 e. The van der Waals surface area contributed by atoms with Crippen molar-refractivity contribution in [1.82, 2.24) is 19.6 Å². The zero-order chi connectivity index (χ0) is 21.0. The lowest BCUT2D eigenvalue weighted by Crippen LogP contribution is -2.39. The topological polar surface area (TPSA) is 87.5 Å². The molecule has 0 spiro atoms. The van der Waals surface area contributed by atoms with E-state index in [1.54, 1.807) is 49.2 Å². The van der Waals surface area contributed by atoms with Crippen LogP contribution >= 0.6 is 0 Å². The van der Waals surface area contributed by atoms with E-state index in [0.717, 1.165) is 31.5 Å². The van der Waals surface area contributed by atoms with Crippen LogP contribution in [0, 0.1) is 6.92 Å². The molecule has 1 atom stereocenters. The van der Waals surface area contributed by atoms with Crippen LogP contribution in [0.25, 0.3) is 0 Å². The lowest BCUT2D eigenvalue weighted by molar-refractivity contribution is -0.136. The molecule has 1 aromatic heterocycles. The molecule has 8 heteroatoms. The number of aryl methyl sites for hydroxylation is 1. The van der Waals surface area contributed by atoms with Crippen molar-refractivity contribution in [3.8, 4) is 0 Å². The average Bonchev–Trinajstić information content (AvgIpc) is 3.40. The number of nitrogens with one attached hydrogen (secondary N) is 1. The number of carbonyl (C=O) groups is 3. The van der Waals surface area contributed by atoms with Gasteiger partial charge in [-0.3, -0.25) is 19.1 Å². The van der Waals surface area contributed by atoms with Gasteiger partial charge < -0.3 is 15.1 Å². The summed E-state index contributed by atoms with van der Waals surface area (Å²) in [6.45, 7) is 4.96. The Hall–Kier alpha value is -3.16. The van der Waals surface area contributed by atoms with Crippen LogP contribution in [0.4, 0.5) is 5.69 Å². The molecule has 0 saturated carbocycles. The predicted octanol–water partition coefficient (Wildman–Crippen LogP) is 2.09. The molecule has 8 nitrogen and oxygen atoms in total. The van der Waals surface area contributed by atoms with E-state index in [9.17, 15) is 14.4 Å². The number of carbonyl (C=O) groups excluding carboxylic acids is 3. The maximum Gasteiger partial charge on any atom is 0.256 e. The van der Waals surface area contributed by atoms with Crippen LogP contribution in [-0.4, -0.2) is 64.0 Å². The number of benzene rings is 1. The van der Waals surface area contributed by atoms with Crippen LogP contribution in [0.3, 0.4) is 0 Å². The number of hydrogen-bond acceptors (Lipinski definition) is 4. The van der Waals surface area contributed by atoms with Gasteiger partial charge in [0.15, 0.2) is 0 Å². The fourth-order valence-corrected chi connectivity index (χ4v) is 3.56. The molecular weight excluding hydrogens is 370 g/mol. The summed E-state index contributed by atoms with van der Waals surface area (Å²) in [7, 11) is 1.58. The van der Waals surface area contributed by atoms with Gasteiger partial charge in [-0.05, 0) is 44.4 Å². The first-order valence-electron chi connectivity index (χ1n) is 9.81. The van der Waals surface area contributed by atoms with E-state index in [1.165, 1.54) is 4.90 Å². The second-order valence-electron chi connectivity index (χ2n) is 7.40. The van der Waals surface area contributed by atoms with Gasteiger partial charge in [-0.15, -0.1) is 0 Å². The number of anilines is 1. The standard InChI is InChI=1S/C21H27N5O3/c1-15-8-6-9-17(19(15)21(29)25-11-4-5-12-25)23-18(27)14-24(3)20(28)16(2)26-13-7-10-22-26/h6-10,13,16H,4-5,11-12,14H2,1-3H3,(H,23,27). The molecule has 1 aliphatic rings. The fourth-order valence-electron chi connectivity index (χ4n) is 3.56. The third-order valence-corrected chi connectivity index (χ3v) is 5.19. The highest BCUT2D eigenvalue weighted by Gasteiger charge is 2.25. The van der Waals surface area contributed by atoms with E-state index in [4.69, 9.17) is 0 Å². The summed E-state index contributed by atoms with van der Waals surface area (Å²) in [5, 5.41) is 6.88. The minimum atomic E-state index is -0.505. The van der Waals surface area contributed by atoms with E-state index < -0.39 is 6.04 Å². The molecule has 0 bridgehead atoms. The highest BCUT2D eigenvalue weighted by molar-refractivity contribution is 6.05. The Morgan fingerprint density at radius 3 is 2.59 bits per heavy atom. The largest absolute Gasteiger partial charge is 0.339 e. The van der Waals surface area contributed by atoms with E-state index in [0.29, 0.717) is 11.3 Å². The second-order valence-corrected chi connectivity index (χ2v) is 7.40. The van der Waals surface area contributed by atoms with Crippen LogP contribution in [0.2, 0.25) is 0 Å². The quantitative estimate of drug-likeness (QED) is 0.808. The Balaban J connectivity index is 1.68. The number of aromatic nitrogens is 2. The van der Waals surface area contributed by atoms with Crippen molar-refractivity contribution in [2.75, 3.05) is 32.0 Å². The predicted molar refractivity (Wildman–Crippen MR) is 110 cm³/mol. The zero-order valence-electron chi connectivity index (χ0n) is 17.1. The molecule has 29 heavy (non-hydrogen) atoms. The summed E-state index contributed by atoms with van der Waals surface area (Å²) in [5.41, 5.74) is 1.81. The SMILES string of the molecule is Cc1cccc(NC(=O)CN(C)C(=O)C(C)n2cccn2)c1C(=O)N1CCCC1. The Bertz CT molecular complexity index is 888. The second kappa shape index (κ2) is 8.89. The van der Waals surface area contributed by atoms with Gasteiger partial charge in [-0.2, -0.15) is 5.10 Å². The molecule has 154 valence electrons. The summed E-state index contributed by atoms with van der Waals surface area (Å²) >= 11 is 0. The monoisotopic (exact) mass is 397 g/mol. The molecule has 2 heterocycles. The Kier molecular flexibility index (Phi) is 6.31. The van der Waals surface area contributed by atoms with Crippen molar-refractivity contribution < 1.29 is 14.4 Å². The summed E-state index contributed by atoms with van der Waals surface area (Å²) in [6.07, 6.45) is 5.31. The van der Waals surface area contributed by atoms with Crippen molar-refractivity contribution in [2.45, 2.75) is 32.7 Å². The minimum Gasteiger partial charge on any atom is -0.339 e. The average molecular weight is 397 g/mol. The molecule has 1 aromatic carbocycles. The van der Waals surface area contributed by atoms with Crippen molar-refractivity contribution >= 4 is 23.4 Å². The van der Waals surface area contributed by atoms with E-state index in [1.807, 2.05) is 17.9 Å². The highest BCUT2D eigenvalue weighted by atomic mass is 16.2. The lowest BCUT2D eigenvalue weighted by atomic mass is 10.0. The Morgan fingerprint density at radius 2 is 1.93 bits per heavy atom.